The van der Waals surface area contributed by atoms with Gasteiger partial charge < -0.3 is 15.7 Å². The second-order valence-electron chi connectivity index (χ2n) is 4.43. The van der Waals surface area contributed by atoms with E-state index < -0.39 is 17.9 Å². The quantitative estimate of drug-likeness (QED) is 0.748. The first-order valence-corrected chi connectivity index (χ1v) is 7.08. The lowest BCUT2D eigenvalue weighted by molar-refractivity contribution is -0.139. The van der Waals surface area contributed by atoms with Crippen LogP contribution in [0.25, 0.3) is 0 Å². The van der Waals surface area contributed by atoms with Gasteiger partial charge >= 0.3 is 5.97 Å². The van der Waals surface area contributed by atoms with E-state index in [4.69, 9.17) is 5.11 Å². The Morgan fingerprint density at radius 3 is 2.55 bits per heavy atom. The lowest BCUT2D eigenvalue weighted by atomic mass is 10.1. The third kappa shape index (κ3) is 4.34. The average Bonchev–Trinajstić information content (AvgIpc) is 2.68. The molecule has 3 N–H and O–H groups in total. The van der Waals surface area contributed by atoms with E-state index in [1.54, 1.807) is 6.07 Å². The molecule has 0 saturated heterocycles. The number of carboxylic acids is 1. The Kier molecular flexibility index (Phi) is 5.69. The van der Waals surface area contributed by atoms with Crippen LogP contribution in [0.15, 0.2) is 6.07 Å². The summed E-state index contributed by atoms with van der Waals surface area (Å²) < 4.78 is 0. The molecule has 1 heterocycles. The van der Waals surface area contributed by atoms with Gasteiger partial charge in [-0.1, -0.05) is 13.3 Å². The maximum atomic E-state index is 12.1. The highest BCUT2D eigenvalue weighted by Crippen LogP contribution is 2.27. The molecule has 1 unspecified atom stereocenters. The summed E-state index contributed by atoms with van der Waals surface area (Å²) in [6.07, 6.45) is 1.01. The van der Waals surface area contributed by atoms with Crippen molar-refractivity contribution in [2.75, 3.05) is 5.32 Å². The number of carbonyl (C=O) groups excluding carboxylic acids is 2. The minimum atomic E-state index is -1.06. The standard InChI is InChI=1S/C13H18N2O4S/c1-4-5-10(13(18)19)15-11(17)9-6-7(2)20-12(9)14-8(3)16/h6,10H,4-5H2,1-3H3,(H,14,16)(H,15,17)(H,18,19). The van der Waals surface area contributed by atoms with Crippen molar-refractivity contribution in [3.63, 3.8) is 0 Å². The fraction of sp³-hybridized carbons (Fsp3) is 0.462. The Morgan fingerprint density at radius 1 is 1.40 bits per heavy atom. The minimum absolute atomic E-state index is 0.274. The zero-order valence-electron chi connectivity index (χ0n) is 11.6. The molecule has 0 aromatic carbocycles. The van der Waals surface area contributed by atoms with Crippen LogP contribution >= 0.6 is 11.3 Å². The van der Waals surface area contributed by atoms with E-state index >= 15 is 0 Å². The molecule has 0 saturated carbocycles. The third-order valence-electron chi connectivity index (χ3n) is 2.57. The van der Waals surface area contributed by atoms with Crippen LogP contribution in [0.4, 0.5) is 5.00 Å². The fourth-order valence-corrected chi connectivity index (χ4v) is 2.67. The number of aliphatic carboxylic acids is 1. The Labute approximate surface area is 121 Å². The van der Waals surface area contributed by atoms with Crippen molar-refractivity contribution in [2.24, 2.45) is 0 Å². The second kappa shape index (κ2) is 7.04. The molecule has 1 atom stereocenters. The average molecular weight is 298 g/mol. The number of thiophene rings is 1. The first kappa shape index (κ1) is 16.2. The number of amides is 2. The van der Waals surface area contributed by atoms with Crippen LogP contribution < -0.4 is 10.6 Å². The maximum Gasteiger partial charge on any atom is 0.326 e. The number of anilines is 1. The molecule has 0 bridgehead atoms. The molecule has 20 heavy (non-hydrogen) atoms. The highest BCUT2D eigenvalue weighted by molar-refractivity contribution is 7.16. The van der Waals surface area contributed by atoms with Crippen LogP contribution in [-0.2, 0) is 9.59 Å². The fourth-order valence-electron chi connectivity index (χ4n) is 1.72. The van der Waals surface area contributed by atoms with Gasteiger partial charge in [-0.25, -0.2) is 4.79 Å². The normalized spacial score (nSPS) is 11.8. The predicted molar refractivity (Wildman–Crippen MR) is 77.2 cm³/mol. The smallest absolute Gasteiger partial charge is 0.326 e. The molecule has 1 aromatic rings. The first-order chi connectivity index (χ1) is 9.35. The van der Waals surface area contributed by atoms with Gasteiger partial charge in [-0.2, -0.15) is 0 Å². The summed E-state index contributed by atoms with van der Waals surface area (Å²) in [7, 11) is 0. The molecule has 0 aliphatic heterocycles. The molecule has 0 aliphatic rings. The Morgan fingerprint density at radius 2 is 2.05 bits per heavy atom. The summed E-state index contributed by atoms with van der Waals surface area (Å²) in [5.41, 5.74) is 0.296. The summed E-state index contributed by atoms with van der Waals surface area (Å²) in [5.74, 6) is -1.82. The lowest BCUT2D eigenvalue weighted by Crippen LogP contribution is -2.40. The molecule has 1 rings (SSSR count). The predicted octanol–water partition coefficient (Wildman–Crippen LogP) is 2.00. The van der Waals surface area contributed by atoms with Crippen LogP contribution in [0.1, 0.15) is 41.9 Å². The highest BCUT2D eigenvalue weighted by atomic mass is 32.1. The number of rotatable bonds is 6. The summed E-state index contributed by atoms with van der Waals surface area (Å²) in [4.78, 5) is 35.1. The number of hydrogen-bond acceptors (Lipinski definition) is 4. The zero-order valence-corrected chi connectivity index (χ0v) is 12.5. The van der Waals surface area contributed by atoms with E-state index in [2.05, 4.69) is 10.6 Å². The molecule has 110 valence electrons. The summed E-state index contributed by atoms with van der Waals surface area (Å²) in [5, 5.41) is 14.5. The summed E-state index contributed by atoms with van der Waals surface area (Å²) >= 11 is 1.28. The van der Waals surface area contributed by atoms with Crippen molar-refractivity contribution in [3.05, 3.63) is 16.5 Å². The number of hydrogen-bond donors (Lipinski definition) is 3. The van der Waals surface area contributed by atoms with Gasteiger partial charge in [-0.15, -0.1) is 11.3 Å². The van der Waals surface area contributed by atoms with E-state index in [1.807, 2.05) is 13.8 Å². The van der Waals surface area contributed by atoms with Gasteiger partial charge in [0.25, 0.3) is 5.91 Å². The van der Waals surface area contributed by atoms with Crippen LogP contribution in [-0.4, -0.2) is 28.9 Å². The monoisotopic (exact) mass is 298 g/mol. The van der Waals surface area contributed by atoms with Gasteiger partial charge in [0.05, 0.1) is 5.56 Å². The number of carboxylic acid groups (broad SMARTS) is 1. The van der Waals surface area contributed by atoms with Crippen molar-refractivity contribution in [1.82, 2.24) is 5.32 Å². The maximum absolute atomic E-state index is 12.1. The van der Waals surface area contributed by atoms with Crippen molar-refractivity contribution in [3.8, 4) is 0 Å². The third-order valence-corrected chi connectivity index (χ3v) is 3.54. The summed E-state index contributed by atoms with van der Waals surface area (Å²) in [6.45, 7) is 5.01. The lowest BCUT2D eigenvalue weighted by Gasteiger charge is -2.13. The van der Waals surface area contributed by atoms with Crippen LogP contribution in [0.5, 0.6) is 0 Å². The minimum Gasteiger partial charge on any atom is -0.480 e. The van der Waals surface area contributed by atoms with Gasteiger partial charge in [0.2, 0.25) is 5.91 Å². The van der Waals surface area contributed by atoms with Crippen LogP contribution in [0.2, 0.25) is 0 Å². The number of carbonyl (C=O) groups is 3. The van der Waals surface area contributed by atoms with E-state index in [-0.39, 0.29) is 5.91 Å². The summed E-state index contributed by atoms with van der Waals surface area (Å²) in [6, 6.07) is 0.716. The molecule has 1 aromatic heterocycles. The van der Waals surface area contributed by atoms with E-state index in [9.17, 15) is 14.4 Å². The Bertz CT molecular complexity index is 524. The number of aryl methyl sites for hydroxylation is 1. The van der Waals surface area contributed by atoms with E-state index in [0.29, 0.717) is 23.4 Å². The SMILES string of the molecule is CCCC(NC(=O)c1cc(C)sc1NC(C)=O)C(=O)O. The van der Waals surface area contributed by atoms with Gasteiger partial charge in [-0.3, -0.25) is 9.59 Å². The van der Waals surface area contributed by atoms with Crippen molar-refractivity contribution in [2.45, 2.75) is 39.7 Å². The topological polar surface area (TPSA) is 95.5 Å². The van der Waals surface area contributed by atoms with Gasteiger partial charge in [-0.05, 0) is 19.4 Å². The number of nitrogens with one attached hydrogen (secondary N) is 2. The van der Waals surface area contributed by atoms with Gasteiger partial charge in [0.1, 0.15) is 11.0 Å². The van der Waals surface area contributed by atoms with Crippen molar-refractivity contribution < 1.29 is 19.5 Å². The molecule has 2 amide bonds. The molecule has 7 heteroatoms. The highest BCUT2D eigenvalue weighted by Gasteiger charge is 2.22. The molecule has 6 nitrogen and oxygen atoms in total. The largest absolute Gasteiger partial charge is 0.480 e. The van der Waals surface area contributed by atoms with E-state index in [0.717, 1.165) is 4.88 Å². The molecular weight excluding hydrogens is 280 g/mol. The molecule has 0 aliphatic carbocycles. The Balaban J connectivity index is 2.91. The van der Waals surface area contributed by atoms with Gasteiger partial charge in [0.15, 0.2) is 0 Å². The first-order valence-electron chi connectivity index (χ1n) is 6.26. The van der Waals surface area contributed by atoms with Crippen molar-refractivity contribution in [1.29, 1.82) is 0 Å². The zero-order chi connectivity index (χ0) is 15.3. The molecule has 0 fully saturated rings. The van der Waals surface area contributed by atoms with Crippen molar-refractivity contribution >= 4 is 34.1 Å². The van der Waals surface area contributed by atoms with Crippen LogP contribution in [0, 0.1) is 6.92 Å². The second-order valence-corrected chi connectivity index (χ2v) is 5.69. The Hall–Kier alpha value is -1.89. The molecular formula is C13H18N2O4S. The van der Waals surface area contributed by atoms with Gasteiger partial charge in [0, 0.05) is 11.8 Å². The molecule has 0 spiro atoms. The van der Waals surface area contributed by atoms with E-state index in [1.165, 1.54) is 18.3 Å². The molecule has 0 radical (unpaired) electrons. The van der Waals surface area contributed by atoms with Crippen LogP contribution in [0.3, 0.4) is 0 Å².